The topological polar surface area (TPSA) is 38.3 Å². The second-order valence-electron chi connectivity index (χ2n) is 6.87. The molecule has 0 spiro atoms. The van der Waals surface area contributed by atoms with Crippen LogP contribution in [0.2, 0.25) is 5.02 Å². The minimum absolute atomic E-state index is 0.0917. The largest absolute Gasteiger partial charge is 0.492 e. The van der Waals surface area contributed by atoms with Gasteiger partial charge in [-0.25, -0.2) is 0 Å². The second kappa shape index (κ2) is 10.4. The van der Waals surface area contributed by atoms with Gasteiger partial charge in [-0.05, 0) is 79.1 Å². The van der Waals surface area contributed by atoms with Crippen LogP contribution in [0.15, 0.2) is 71.6 Å². The monoisotopic (exact) mass is 425 g/mol. The number of carbonyl (C=O) groups excluding carboxylic acids is 1. The molecule has 0 bridgehead atoms. The summed E-state index contributed by atoms with van der Waals surface area (Å²) in [4.78, 5) is 13.5. The first-order valence-corrected chi connectivity index (χ1v) is 10.8. The standard InChI is InChI=1S/C24H24ClNO2S/c1-17-13-18(2)15-22(14-17)28-12-11-26-24(27)20-5-3-19(4-6-20)16-29-23-9-7-21(25)8-10-23/h3-10,13-15H,11-12,16H2,1-2H3,(H,26,27). The van der Waals surface area contributed by atoms with Crippen LogP contribution in [0.5, 0.6) is 5.75 Å². The highest BCUT2D eigenvalue weighted by Crippen LogP contribution is 2.24. The normalized spacial score (nSPS) is 10.6. The van der Waals surface area contributed by atoms with Crippen LogP contribution in [0.25, 0.3) is 0 Å². The van der Waals surface area contributed by atoms with E-state index in [0.717, 1.165) is 16.5 Å². The van der Waals surface area contributed by atoms with E-state index in [-0.39, 0.29) is 5.91 Å². The third-order valence-corrected chi connectivity index (χ3v) is 5.62. The van der Waals surface area contributed by atoms with Crippen molar-refractivity contribution in [2.24, 2.45) is 0 Å². The third kappa shape index (κ3) is 6.84. The number of halogens is 1. The summed E-state index contributed by atoms with van der Waals surface area (Å²) in [7, 11) is 0. The molecule has 3 rings (SSSR count). The maximum Gasteiger partial charge on any atom is 0.251 e. The van der Waals surface area contributed by atoms with Gasteiger partial charge < -0.3 is 10.1 Å². The van der Waals surface area contributed by atoms with Crippen molar-refractivity contribution in [1.29, 1.82) is 0 Å². The molecule has 0 fully saturated rings. The fourth-order valence-corrected chi connectivity index (χ4v) is 3.88. The van der Waals surface area contributed by atoms with Crippen molar-refractivity contribution in [1.82, 2.24) is 5.32 Å². The predicted octanol–water partition coefficient (Wildman–Crippen LogP) is 6.06. The van der Waals surface area contributed by atoms with Crippen molar-refractivity contribution in [3.63, 3.8) is 0 Å². The van der Waals surface area contributed by atoms with Crippen LogP contribution in [0.4, 0.5) is 0 Å². The molecule has 5 heteroatoms. The molecule has 0 saturated heterocycles. The van der Waals surface area contributed by atoms with Gasteiger partial charge in [-0.1, -0.05) is 29.8 Å². The molecule has 0 aliphatic heterocycles. The summed E-state index contributed by atoms with van der Waals surface area (Å²) in [6.45, 7) is 4.98. The van der Waals surface area contributed by atoms with Gasteiger partial charge in [0.05, 0.1) is 6.54 Å². The van der Waals surface area contributed by atoms with Crippen LogP contribution in [-0.2, 0) is 5.75 Å². The Bertz CT molecular complexity index is 935. The zero-order valence-electron chi connectivity index (χ0n) is 16.6. The smallest absolute Gasteiger partial charge is 0.251 e. The SMILES string of the molecule is Cc1cc(C)cc(OCCNC(=O)c2ccc(CSc3ccc(Cl)cc3)cc2)c1. The number of hydrogen-bond donors (Lipinski definition) is 1. The molecule has 1 N–H and O–H groups in total. The van der Waals surface area contributed by atoms with E-state index in [0.29, 0.717) is 18.7 Å². The molecule has 0 saturated carbocycles. The van der Waals surface area contributed by atoms with Crippen LogP contribution >= 0.6 is 23.4 Å². The van der Waals surface area contributed by atoms with Crippen molar-refractivity contribution in [2.45, 2.75) is 24.5 Å². The van der Waals surface area contributed by atoms with Crippen molar-refractivity contribution in [2.75, 3.05) is 13.2 Å². The van der Waals surface area contributed by atoms with E-state index in [9.17, 15) is 4.79 Å². The van der Waals surface area contributed by atoms with E-state index in [1.165, 1.54) is 21.6 Å². The van der Waals surface area contributed by atoms with E-state index in [4.69, 9.17) is 16.3 Å². The summed E-state index contributed by atoms with van der Waals surface area (Å²) in [5, 5.41) is 3.64. The molecule has 0 radical (unpaired) electrons. The number of rotatable bonds is 8. The maximum atomic E-state index is 12.3. The van der Waals surface area contributed by atoms with E-state index < -0.39 is 0 Å². The molecule has 3 nitrogen and oxygen atoms in total. The molecule has 0 aliphatic rings. The Kier molecular flexibility index (Phi) is 7.62. The highest BCUT2D eigenvalue weighted by Gasteiger charge is 2.06. The molecule has 3 aromatic carbocycles. The van der Waals surface area contributed by atoms with Crippen LogP contribution in [0.3, 0.4) is 0 Å². The van der Waals surface area contributed by atoms with E-state index in [1.54, 1.807) is 11.8 Å². The molecular formula is C24H24ClNO2S. The number of hydrogen-bond acceptors (Lipinski definition) is 3. The zero-order valence-corrected chi connectivity index (χ0v) is 18.1. The maximum absolute atomic E-state index is 12.3. The van der Waals surface area contributed by atoms with Gasteiger partial charge in [0.15, 0.2) is 0 Å². The van der Waals surface area contributed by atoms with E-state index in [2.05, 4.69) is 11.4 Å². The average molecular weight is 426 g/mol. The lowest BCUT2D eigenvalue weighted by Crippen LogP contribution is -2.28. The number of nitrogens with one attached hydrogen (secondary N) is 1. The second-order valence-corrected chi connectivity index (χ2v) is 8.35. The molecule has 0 heterocycles. The van der Waals surface area contributed by atoms with Crippen molar-refractivity contribution < 1.29 is 9.53 Å². The summed E-state index contributed by atoms with van der Waals surface area (Å²) >= 11 is 7.65. The Morgan fingerprint density at radius 1 is 0.966 bits per heavy atom. The number of benzene rings is 3. The Morgan fingerprint density at radius 2 is 1.62 bits per heavy atom. The van der Waals surface area contributed by atoms with Gasteiger partial charge in [-0.3, -0.25) is 4.79 Å². The van der Waals surface area contributed by atoms with Crippen molar-refractivity contribution >= 4 is 29.3 Å². The van der Waals surface area contributed by atoms with Gasteiger partial charge in [-0.2, -0.15) is 0 Å². The molecular weight excluding hydrogens is 402 g/mol. The predicted molar refractivity (Wildman–Crippen MR) is 121 cm³/mol. The zero-order chi connectivity index (χ0) is 20.6. The minimum Gasteiger partial charge on any atom is -0.492 e. The number of amides is 1. The van der Waals surface area contributed by atoms with Gasteiger partial charge in [0.25, 0.3) is 5.91 Å². The Hall–Kier alpha value is -2.43. The van der Waals surface area contributed by atoms with Crippen LogP contribution in [0, 0.1) is 13.8 Å². The molecule has 0 aliphatic carbocycles. The highest BCUT2D eigenvalue weighted by molar-refractivity contribution is 7.98. The van der Waals surface area contributed by atoms with Gasteiger partial charge in [0.2, 0.25) is 0 Å². The van der Waals surface area contributed by atoms with Crippen molar-refractivity contribution in [3.05, 3.63) is 94.0 Å². The highest BCUT2D eigenvalue weighted by atomic mass is 35.5. The van der Waals surface area contributed by atoms with Crippen LogP contribution in [-0.4, -0.2) is 19.1 Å². The van der Waals surface area contributed by atoms with Crippen LogP contribution in [0.1, 0.15) is 27.0 Å². The number of thioether (sulfide) groups is 1. The first-order valence-electron chi connectivity index (χ1n) is 9.46. The molecule has 3 aromatic rings. The quantitative estimate of drug-likeness (QED) is 0.352. The molecule has 0 atom stereocenters. The van der Waals surface area contributed by atoms with Crippen molar-refractivity contribution in [3.8, 4) is 5.75 Å². The van der Waals surface area contributed by atoms with E-state index >= 15 is 0 Å². The first-order chi connectivity index (χ1) is 14.0. The van der Waals surface area contributed by atoms with Gasteiger partial charge in [0, 0.05) is 21.2 Å². The molecule has 0 unspecified atom stereocenters. The number of aryl methyl sites for hydroxylation is 2. The number of ether oxygens (including phenoxy) is 1. The molecule has 1 amide bonds. The Labute approximate surface area is 181 Å². The first kappa shape index (κ1) is 21.3. The lowest BCUT2D eigenvalue weighted by atomic mass is 10.1. The summed E-state index contributed by atoms with van der Waals surface area (Å²) in [5.41, 5.74) is 4.15. The third-order valence-electron chi connectivity index (χ3n) is 4.29. The van der Waals surface area contributed by atoms with Gasteiger partial charge in [0.1, 0.15) is 12.4 Å². The Morgan fingerprint density at radius 3 is 2.28 bits per heavy atom. The number of carbonyl (C=O) groups is 1. The summed E-state index contributed by atoms with van der Waals surface area (Å²) in [5.74, 6) is 1.58. The fourth-order valence-electron chi connectivity index (χ4n) is 2.90. The lowest BCUT2D eigenvalue weighted by molar-refractivity contribution is 0.0947. The summed E-state index contributed by atoms with van der Waals surface area (Å²) in [6, 6.07) is 21.6. The molecule has 0 aromatic heterocycles. The lowest BCUT2D eigenvalue weighted by Gasteiger charge is -2.10. The Balaban J connectivity index is 1.43. The van der Waals surface area contributed by atoms with Gasteiger partial charge >= 0.3 is 0 Å². The van der Waals surface area contributed by atoms with E-state index in [1.807, 2.05) is 74.5 Å². The van der Waals surface area contributed by atoms with Crippen LogP contribution < -0.4 is 10.1 Å². The van der Waals surface area contributed by atoms with Gasteiger partial charge in [-0.15, -0.1) is 11.8 Å². The summed E-state index contributed by atoms with van der Waals surface area (Å²) < 4.78 is 5.73. The average Bonchev–Trinajstić information content (AvgIpc) is 2.70. The minimum atomic E-state index is -0.0917. The molecule has 150 valence electrons. The fraction of sp³-hybridized carbons (Fsp3) is 0.208. The summed E-state index contributed by atoms with van der Waals surface area (Å²) in [6.07, 6.45) is 0. The molecule has 29 heavy (non-hydrogen) atoms.